The zero-order valence-electron chi connectivity index (χ0n) is 14.7. The standard InChI is InChI=1S/C21H15FN4OS/c22-17-4-3-14(19-18(17)26-10-28-19)13-8-16(20(23)25-9-13)11-1-2-15-12(7-11)5-6-24-21(15)27/h1-4,7-10H,5-6H2,(H2,23,25)(H,24,27). The molecule has 0 atom stereocenters. The third kappa shape index (κ3) is 2.63. The number of amides is 1. The number of anilines is 1. The van der Waals surface area contributed by atoms with Crippen LogP contribution in [0.4, 0.5) is 10.2 Å². The smallest absolute Gasteiger partial charge is 0.251 e. The fraction of sp³-hybridized carbons (Fsp3) is 0.0952. The second-order valence-electron chi connectivity index (χ2n) is 6.66. The van der Waals surface area contributed by atoms with Gasteiger partial charge in [-0.2, -0.15) is 0 Å². The highest BCUT2D eigenvalue weighted by atomic mass is 32.1. The number of carbonyl (C=O) groups excluding carboxylic acids is 1. The van der Waals surface area contributed by atoms with Crippen LogP contribution in [0.2, 0.25) is 0 Å². The number of hydrogen-bond donors (Lipinski definition) is 2. The molecule has 0 radical (unpaired) electrons. The van der Waals surface area contributed by atoms with Crippen LogP contribution in [0, 0.1) is 5.82 Å². The van der Waals surface area contributed by atoms with Gasteiger partial charge in [0.1, 0.15) is 17.2 Å². The Hall–Kier alpha value is -3.32. The Labute approximate surface area is 164 Å². The van der Waals surface area contributed by atoms with Crippen molar-refractivity contribution in [3.8, 4) is 22.3 Å². The Morgan fingerprint density at radius 2 is 1.89 bits per heavy atom. The summed E-state index contributed by atoms with van der Waals surface area (Å²) < 4.78 is 14.8. The van der Waals surface area contributed by atoms with E-state index in [-0.39, 0.29) is 11.7 Å². The number of benzene rings is 2. The molecule has 0 spiro atoms. The fourth-order valence-electron chi connectivity index (χ4n) is 3.60. The molecule has 1 amide bonds. The lowest BCUT2D eigenvalue weighted by Gasteiger charge is -2.18. The third-order valence-corrected chi connectivity index (χ3v) is 5.86. The van der Waals surface area contributed by atoms with Gasteiger partial charge in [-0.25, -0.2) is 14.4 Å². The van der Waals surface area contributed by atoms with E-state index in [1.165, 1.54) is 17.4 Å². The van der Waals surface area contributed by atoms with Gasteiger partial charge in [-0.15, -0.1) is 11.3 Å². The zero-order chi connectivity index (χ0) is 19.3. The van der Waals surface area contributed by atoms with Crippen LogP contribution in [0.15, 0.2) is 48.1 Å². The van der Waals surface area contributed by atoms with Gasteiger partial charge in [-0.3, -0.25) is 4.79 Å². The molecule has 2 aromatic heterocycles. The number of pyridine rings is 1. The van der Waals surface area contributed by atoms with Gasteiger partial charge in [0.15, 0.2) is 0 Å². The molecule has 0 saturated heterocycles. The summed E-state index contributed by atoms with van der Waals surface area (Å²) in [5, 5.41) is 2.85. The molecule has 3 N–H and O–H groups in total. The molecule has 0 unspecified atom stereocenters. The van der Waals surface area contributed by atoms with Crippen molar-refractivity contribution >= 4 is 33.3 Å². The predicted octanol–water partition coefficient (Wildman–Crippen LogP) is 4.03. The fourth-order valence-corrected chi connectivity index (χ4v) is 4.43. The van der Waals surface area contributed by atoms with Crippen LogP contribution >= 0.6 is 11.3 Å². The van der Waals surface area contributed by atoms with E-state index in [1.54, 1.807) is 17.8 Å². The first-order valence-corrected chi connectivity index (χ1v) is 9.69. The van der Waals surface area contributed by atoms with E-state index in [9.17, 15) is 9.18 Å². The summed E-state index contributed by atoms with van der Waals surface area (Å²) in [4.78, 5) is 20.5. The van der Waals surface area contributed by atoms with E-state index in [2.05, 4.69) is 15.3 Å². The molecule has 28 heavy (non-hydrogen) atoms. The molecule has 0 aliphatic carbocycles. The summed E-state index contributed by atoms with van der Waals surface area (Å²) in [5.74, 6) is 0.0229. The maximum absolute atomic E-state index is 14.0. The van der Waals surface area contributed by atoms with Crippen LogP contribution in [0.1, 0.15) is 15.9 Å². The minimum atomic E-state index is -0.336. The number of halogens is 1. The molecule has 1 aliphatic heterocycles. The number of hydrogen-bond acceptors (Lipinski definition) is 5. The van der Waals surface area contributed by atoms with Crippen LogP contribution in [0.25, 0.3) is 32.5 Å². The van der Waals surface area contributed by atoms with Gasteiger partial charge in [-0.1, -0.05) is 12.1 Å². The minimum Gasteiger partial charge on any atom is -0.383 e. The molecule has 0 bridgehead atoms. The molecular weight excluding hydrogens is 375 g/mol. The molecule has 7 heteroatoms. The van der Waals surface area contributed by atoms with Crippen LogP contribution in [0.5, 0.6) is 0 Å². The molecule has 4 aromatic rings. The summed E-state index contributed by atoms with van der Waals surface area (Å²) in [7, 11) is 0. The van der Waals surface area contributed by atoms with Crippen LogP contribution in [0.3, 0.4) is 0 Å². The van der Waals surface area contributed by atoms with Gasteiger partial charge in [0.25, 0.3) is 5.91 Å². The van der Waals surface area contributed by atoms with E-state index in [1.807, 2.05) is 24.3 Å². The van der Waals surface area contributed by atoms with Crippen molar-refractivity contribution in [1.29, 1.82) is 0 Å². The van der Waals surface area contributed by atoms with Gasteiger partial charge in [0, 0.05) is 35.0 Å². The highest BCUT2D eigenvalue weighted by Crippen LogP contribution is 2.36. The number of nitrogens with zero attached hydrogens (tertiary/aromatic N) is 2. The number of carbonyl (C=O) groups is 1. The topological polar surface area (TPSA) is 80.9 Å². The predicted molar refractivity (Wildman–Crippen MR) is 109 cm³/mol. The molecule has 1 aliphatic rings. The number of nitrogens with two attached hydrogens (primary N) is 1. The number of nitrogen functional groups attached to an aromatic ring is 1. The van der Waals surface area contributed by atoms with Gasteiger partial charge >= 0.3 is 0 Å². The molecule has 138 valence electrons. The highest BCUT2D eigenvalue weighted by molar-refractivity contribution is 7.17. The van der Waals surface area contributed by atoms with Gasteiger partial charge in [0.2, 0.25) is 0 Å². The average Bonchev–Trinajstić information content (AvgIpc) is 3.20. The lowest BCUT2D eigenvalue weighted by Crippen LogP contribution is -2.31. The number of rotatable bonds is 2. The van der Waals surface area contributed by atoms with Crippen LogP contribution in [-0.4, -0.2) is 22.4 Å². The Morgan fingerprint density at radius 1 is 1.04 bits per heavy atom. The summed E-state index contributed by atoms with van der Waals surface area (Å²) in [5.41, 5.74) is 13.3. The van der Waals surface area contributed by atoms with Crippen molar-refractivity contribution in [1.82, 2.24) is 15.3 Å². The summed E-state index contributed by atoms with van der Waals surface area (Å²) in [6.07, 6.45) is 2.47. The first-order valence-electron chi connectivity index (χ1n) is 8.81. The first kappa shape index (κ1) is 16.8. The van der Waals surface area contributed by atoms with Crippen molar-refractivity contribution < 1.29 is 9.18 Å². The summed E-state index contributed by atoms with van der Waals surface area (Å²) in [6.45, 7) is 0.627. The molecule has 0 fully saturated rings. The Bertz CT molecular complexity index is 1250. The molecule has 3 heterocycles. The van der Waals surface area contributed by atoms with E-state index in [0.717, 1.165) is 38.9 Å². The summed E-state index contributed by atoms with van der Waals surface area (Å²) in [6, 6.07) is 10.8. The number of fused-ring (bicyclic) bond motifs is 2. The lowest BCUT2D eigenvalue weighted by molar-refractivity contribution is 0.0946. The molecule has 5 rings (SSSR count). The van der Waals surface area contributed by atoms with Crippen LogP contribution < -0.4 is 11.1 Å². The maximum Gasteiger partial charge on any atom is 0.251 e. The van der Waals surface area contributed by atoms with E-state index >= 15 is 0 Å². The number of thiazole rings is 1. The summed E-state index contributed by atoms with van der Waals surface area (Å²) >= 11 is 1.39. The zero-order valence-corrected chi connectivity index (χ0v) is 15.5. The lowest BCUT2D eigenvalue weighted by atomic mass is 9.94. The van der Waals surface area contributed by atoms with E-state index in [0.29, 0.717) is 23.4 Å². The van der Waals surface area contributed by atoms with Crippen molar-refractivity contribution in [2.24, 2.45) is 0 Å². The van der Waals surface area contributed by atoms with E-state index < -0.39 is 0 Å². The maximum atomic E-state index is 14.0. The molecule has 0 saturated carbocycles. The SMILES string of the molecule is Nc1ncc(-c2ccc(F)c3ncsc23)cc1-c1ccc2c(c1)CCNC2=O. The normalized spacial score (nSPS) is 13.4. The molecule has 2 aromatic carbocycles. The van der Waals surface area contributed by atoms with Crippen molar-refractivity contribution in [3.63, 3.8) is 0 Å². The minimum absolute atomic E-state index is 0.0495. The second-order valence-corrected chi connectivity index (χ2v) is 7.51. The highest BCUT2D eigenvalue weighted by Gasteiger charge is 2.18. The van der Waals surface area contributed by atoms with Gasteiger partial charge < -0.3 is 11.1 Å². The number of aromatic nitrogens is 2. The monoisotopic (exact) mass is 390 g/mol. The van der Waals surface area contributed by atoms with Gasteiger partial charge in [0.05, 0.1) is 10.2 Å². The molecular formula is C21H15FN4OS. The molecule has 5 nitrogen and oxygen atoms in total. The Kier molecular flexibility index (Phi) is 3.84. The second kappa shape index (κ2) is 6.38. The quantitative estimate of drug-likeness (QED) is 0.541. The van der Waals surface area contributed by atoms with Crippen LogP contribution in [-0.2, 0) is 6.42 Å². The van der Waals surface area contributed by atoms with E-state index in [4.69, 9.17) is 5.73 Å². The first-order chi connectivity index (χ1) is 13.6. The Morgan fingerprint density at radius 3 is 2.79 bits per heavy atom. The number of nitrogens with one attached hydrogen (secondary N) is 1. The largest absolute Gasteiger partial charge is 0.383 e. The van der Waals surface area contributed by atoms with Crippen molar-refractivity contribution in [2.75, 3.05) is 12.3 Å². The van der Waals surface area contributed by atoms with Gasteiger partial charge in [-0.05, 0) is 41.8 Å². The van der Waals surface area contributed by atoms with Crippen molar-refractivity contribution in [2.45, 2.75) is 6.42 Å². The average molecular weight is 390 g/mol. The van der Waals surface area contributed by atoms with Crippen molar-refractivity contribution in [3.05, 3.63) is 65.0 Å². The third-order valence-electron chi connectivity index (χ3n) is 5.00. The Balaban J connectivity index is 1.65.